The van der Waals surface area contributed by atoms with Gasteiger partial charge in [0.1, 0.15) is 17.5 Å². The van der Waals surface area contributed by atoms with Crippen molar-refractivity contribution in [1.82, 2.24) is 5.32 Å². The molecule has 0 fully saturated rings. The molecule has 0 saturated heterocycles. The van der Waals surface area contributed by atoms with Crippen molar-refractivity contribution < 1.29 is 31.8 Å². The number of anilines is 2. The molecule has 2 rings (SSSR count). The minimum atomic E-state index is -4.81. The van der Waals surface area contributed by atoms with Crippen LogP contribution < -0.4 is 15.5 Å². The Morgan fingerprint density at radius 3 is 2.16 bits per heavy atom. The lowest BCUT2D eigenvalue weighted by molar-refractivity contribution is -0.137. The second kappa shape index (κ2) is 12.1. The number of carbonyl (C=O) groups is 3. The van der Waals surface area contributed by atoms with Crippen LogP contribution in [-0.2, 0) is 31.4 Å². The molecule has 0 heterocycles. The van der Waals surface area contributed by atoms with E-state index in [1.54, 1.807) is 45.0 Å². The Hall–Kier alpha value is -2.92. The lowest BCUT2D eigenvalue weighted by Crippen LogP contribution is -2.53. The van der Waals surface area contributed by atoms with E-state index in [0.29, 0.717) is 11.8 Å². The molecule has 3 amide bonds. The van der Waals surface area contributed by atoms with Crippen molar-refractivity contribution in [2.45, 2.75) is 52.4 Å². The lowest BCUT2D eigenvalue weighted by Gasteiger charge is -2.31. The predicted octanol–water partition coefficient (Wildman–Crippen LogP) is 4.69. The van der Waals surface area contributed by atoms with Crippen LogP contribution in [0.25, 0.3) is 0 Å². The third kappa shape index (κ3) is 9.15. The van der Waals surface area contributed by atoms with Gasteiger partial charge in [-0.1, -0.05) is 29.3 Å². The molecule has 0 spiro atoms. The molecule has 0 aromatic heterocycles. The molecule has 2 atom stereocenters. The fourth-order valence-corrected chi connectivity index (χ4v) is 4.40. The SMILES string of the molecule is Cc1ccc(NC(=O)C[S@](=O)CC(=O)N(c2ccc(Cl)c(C(F)(F)F)c2)[C@H](C)C(=O)NC(C)(C)C)cc1. The average Bonchev–Trinajstić information content (AvgIpc) is 2.74. The lowest BCUT2D eigenvalue weighted by atomic mass is 10.1. The van der Waals surface area contributed by atoms with Crippen LogP contribution in [0.4, 0.5) is 24.5 Å². The number of benzene rings is 2. The topological polar surface area (TPSA) is 95.6 Å². The van der Waals surface area contributed by atoms with E-state index in [9.17, 15) is 31.8 Å². The summed E-state index contributed by atoms with van der Waals surface area (Å²) in [6.07, 6.45) is -4.81. The van der Waals surface area contributed by atoms with Crippen molar-refractivity contribution in [3.05, 3.63) is 58.6 Å². The third-order valence-electron chi connectivity index (χ3n) is 4.98. The molecule has 0 saturated carbocycles. The van der Waals surface area contributed by atoms with E-state index in [2.05, 4.69) is 10.6 Å². The first-order valence-electron chi connectivity index (χ1n) is 11.2. The summed E-state index contributed by atoms with van der Waals surface area (Å²) in [6, 6.07) is 8.43. The van der Waals surface area contributed by atoms with Gasteiger partial charge in [0.05, 0.1) is 10.6 Å². The number of nitrogens with zero attached hydrogens (tertiary/aromatic N) is 1. The van der Waals surface area contributed by atoms with Crippen LogP contribution in [0.15, 0.2) is 42.5 Å². The standard InChI is InChI=1S/C25H29ClF3N3O4S/c1-15-6-8-17(9-7-15)30-21(33)13-37(36)14-22(34)32(16(2)23(35)31-24(3,4)5)18-10-11-20(26)19(12-18)25(27,28)29/h6-12,16H,13-14H2,1-5H3,(H,30,33)(H,31,35)/t16-,37+/m1/s1. The maximum Gasteiger partial charge on any atom is 0.417 e. The molecule has 0 aliphatic carbocycles. The van der Waals surface area contributed by atoms with Gasteiger partial charge in [-0.3, -0.25) is 23.5 Å². The van der Waals surface area contributed by atoms with Gasteiger partial charge in [0.2, 0.25) is 17.7 Å². The molecular formula is C25H29ClF3N3O4S. The number of carbonyl (C=O) groups excluding carboxylic acids is 3. The van der Waals surface area contributed by atoms with Gasteiger partial charge in [0, 0.05) is 27.7 Å². The monoisotopic (exact) mass is 559 g/mol. The molecule has 0 aliphatic rings. The molecule has 0 bridgehead atoms. The first-order chi connectivity index (χ1) is 17.0. The van der Waals surface area contributed by atoms with Crippen LogP contribution in [0.3, 0.4) is 0 Å². The van der Waals surface area contributed by atoms with Gasteiger partial charge in [-0.25, -0.2) is 0 Å². The minimum absolute atomic E-state index is 0.251. The number of amides is 3. The number of aryl methyl sites for hydroxylation is 1. The van der Waals surface area contributed by atoms with Crippen LogP contribution in [-0.4, -0.2) is 45.0 Å². The Bertz CT molecular complexity index is 1180. The van der Waals surface area contributed by atoms with Crippen LogP contribution in [0.5, 0.6) is 0 Å². The predicted molar refractivity (Wildman–Crippen MR) is 139 cm³/mol. The van der Waals surface area contributed by atoms with E-state index in [1.165, 1.54) is 13.0 Å². The largest absolute Gasteiger partial charge is 0.417 e. The van der Waals surface area contributed by atoms with Crippen molar-refractivity contribution in [3.63, 3.8) is 0 Å². The molecular weight excluding hydrogens is 531 g/mol. The highest BCUT2D eigenvalue weighted by Gasteiger charge is 2.36. The summed E-state index contributed by atoms with van der Waals surface area (Å²) in [4.78, 5) is 39.1. The highest BCUT2D eigenvalue weighted by atomic mass is 35.5. The summed E-state index contributed by atoms with van der Waals surface area (Å²) in [5.74, 6) is -3.35. The molecule has 37 heavy (non-hydrogen) atoms. The second-order valence-electron chi connectivity index (χ2n) is 9.48. The smallest absolute Gasteiger partial charge is 0.350 e. The average molecular weight is 560 g/mol. The highest BCUT2D eigenvalue weighted by Crippen LogP contribution is 2.37. The number of nitrogens with one attached hydrogen (secondary N) is 2. The highest BCUT2D eigenvalue weighted by molar-refractivity contribution is 7.86. The van der Waals surface area contributed by atoms with E-state index in [1.807, 2.05) is 6.92 Å². The molecule has 2 aromatic carbocycles. The first-order valence-corrected chi connectivity index (χ1v) is 13.1. The van der Waals surface area contributed by atoms with Gasteiger partial charge >= 0.3 is 6.18 Å². The second-order valence-corrected chi connectivity index (χ2v) is 11.3. The Morgan fingerprint density at radius 2 is 1.62 bits per heavy atom. The van der Waals surface area contributed by atoms with Gasteiger partial charge in [-0.05, 0) is 65.0 Å². The number of rotatable bonds is 8. The van der Waals surface area contributed by atoms with Crippen LogP contribution in [0, 0.1) is 6.92 Å². The Kier molecular flexibility index (Phi) is 9.90. The number of halogens is 4. The Labute approximate surface area is 221 Å². The van der Waals surface area contributed by atoms with Crippen molar-refractivity contribution >= 4 is 51.5 Å². The molecule has 0 radical (unpaired) electrons. The maximum atomic E-state index is 13.5. The molecule has 0 aliphatic heterocycles. The summed E-state index contributed by atoms with van der Waals surface area (Å²) in [5.41, 5.74) is -0.666. The Morgan fingerprint density at radius 1 is 1.03 bits per heavy atom. The third-order valence-corrected chi connectivity index (χ3v) is 6.46. The van der Waals surface area contributed by atoms with Crippen molar-refractivity contribution in [2.24, 2.45) is 0 Å². The fraction of sp³-hybridized carbons (Fsp3) is 0.400. The van der Waals surface area contributed by atoms with E-state index in [-0.39, 0.29) is 5.69 Å². The van der Waals surface area contributed by atoms with Gasteiger partial charge in [0.25, 0.3) is 0 Å². The van der Waals surface area contributed by atoms with E-state index < -0.39 is 68.4 Å². The Balaban J connectivity index is 2.29. The van der Waals surface area contributed by atoms with Crippen molar-refractivity contribution in [2.75, 3.05) is 21.7 Å². The van der Waals surface area contributed by atoms with Crippen molar-refractivity contribution in [3.8, 4) is 0 Å². The number of alkyl halides is 3. The van der Waals surface area contributed by atoms with Gasteiger partial charge in [-0.2, -0.15) is 13.2 Å². The van der Waals surface area contributed by atoms with E-state index >= 15 is 0 Å². The number of hydrogen-bond acceptors (Lipinski definition) is 4. The molecule has 202 valence electrons. The van der Waals surface area contributed by atoms with Gasteiger partial charge < -0.3 is 10.6 Å². The normalized spacial score (nSPS) is 13.4. The summed E-state index contributed by atoms with van der Waals surface area (Å²) in [5, 5.41) is 4.67. The van der Waals surface area contributed by atoms with Crippen molar-refractivity contribution in [1.29, 1.82) is 0 Å². The zero-order chi connectivity index (χ0) is 28.1. The van der Waals surface area contributed by atoms with Gasteiger partial charge in [-0.15, -0.1) is 0 Å². The summed E-state index contributed by atoms with van der Waals surface area (Å²) >= 11 is 5.72. The fourth-order valence-electron chi connectivity index (χ4n) is 3.29. The molecule has 7 nitrogen and oxygen atoms in total. The van der Waals surface area contributed by atoms with Gasteiger partial charge in [0.15, 0.2) is 0 Å². The van der Waals surface area contributed by atoms with E-state index in [0.717, 1.165) is 16.5 Å². The van der Waals surface area contributed by atoms with E-state index in [4.69, 9.17) is 11.6 Å². The molecule has 2 N–H and O–H groups in total. The molecule has 12 heteroatoms. The van der Waals surface area contributed by atoms with Crippen LogP contribution >= 0.6 is 11.6 Å². The summed E-state index contributed by atoms with van der Waals surface area (Å²) in [6.45, 7) is 8.33. The van der Waals surface area contributed by atoms with Crippen LogP contribution in [0.1, 0.15) is 38.8 Å². The zero-order valence-electron chi connectivity index (χ0n) is 21.0. The minimum Gasteiger partial charge on any atom is -0.350 e. The quantitative estimate of drug-likeness (QED) is 0.490. The maximum absolute atomic E-state index is 13.5. The summed E-state index contributed by atoms with van der Waals surface area (Å²) < 4.78 is 53.1. The summed E-state index contributed by atoms with van der Waals surface area (Å²) in [7, 11) is -2.01. The first kappa shape index (κ1) is 30.3. The molecule has 2 aromatic rings. The number of hydrogen-bond donors (Lipinski definition) is 2. The van der Waals surface area contributed by atoms with Crippen LogP contribution in [0.2, 0.25) is 5.02 Å². The molecule has 0 unspecified atom stereocenters. The zero-order valence-corrected chi connectivity index (χ0v) is 22.6.